The number of pyridine rings is 2. The van der Waals surface area contributed by atoms with Gasteiger partial charge in [0, 0.05) is 41.2 Å². The molecule has 1 unspecified atom stereocenters. The van der Waals surface area contributed by atoms with Gasteiger partial charge in [-0.2, -0.15) is 32.1 Å². The van der Waals surface area contributed by atoms with Crippen molar-refractivity contribution in [3.63, 3.8) is 0 Å². The maximum atomic E-state index is 13.0. The Kier molecular flexibility index (Phi) is 6.04. The molecule has 0 N–H and O–H groups in total. The van der Waals surface area contributed by atoms with Gasteiger partial charge in [0.25, 0.3) is 0 Å². The van der Waals surface area contributed by atoms with Crippen LogP contribution in [0.2, 0.25) is 0 Å². The normalized spacial score (nSPS) is 13.0. The van der Waals surface area contributed by atoms with Crippen LogP contribution in [0.15, 0.2) is 65.8 Å². The average molecular weight is 513 g/mol. The molecule has 0 saturated carbocycles. The lowest BCUT2D eigenvalue weighted by atomic mass is 10.1. The Morgan fingerprint density at radius 2 is 1.78 bits per heavy atom. The second-order valence-corrected chi connectivity index (χ2v) is 7.74. The standard InChI is InChI=1S/C20H14BrF5N6/c21-14-1-2-16(28-10-14)17(8-15-4-6-31(30-15)19(22)23)32-11-13(9-29-32)12-3-5-27-18(7-12)20(24,25)26/h1-7,9-11,17,19H,8H2. The van der Waals surface area contributed by atoms with Gasteiger partial charge in [0.15, 0.2) is 0 Å². The molecule has 1 atom stereocenters. The first-order chi connectivity index (χ1) is 15.2. The van der Waals surface area contributed by atoms with Gasteiger partial charge in [-0.15, -0.1) is 0 Å². The predicted octanol–water partition coefficient (Wildman–Crippen LogP) is 5.55. The van der Waals surface area contributed by atoms with Crippen LogP contribution in [0.3, 0.4) is 0 Å². The topological polar surface area (TPSA) is 61.4 Å². The Labute approximate surface area is 186 Å². The Hall–Kier alpha value is -3.15. The largest absolute Gasteiger partial charge is 0.433 e. The lowest BCUT2D eigenvalue weighted by molar-refractivity contribution is -0.141. The number of hydrogen-bond donors (Lipinski definition) is 0. The first-order valence-electron chi connectivity index (χ1n) is 9.22. The summed E-state index contributed by atoms with van der Waals surface area (Å²) in [5.74, 6) is 0. The number of aromatic nitrogens is 6. The quantitative estimate of drug-likeness (QED) is 0.318. The van der Waals surface area contributed by atoms with Crippen LogP contribution in [0, 0.1) is 0 Å². The minimum Gasteiger partial charge on any atom is -0.263 e. The molecule has 6 nitrogen and oxygen atoms in total. The van der Waals surface area contributed by atoms with Crippen LogP contribution >= 0.6 is 15.9 Å². The summed E-state index contributed by atoms with van der Waals surface area (Å²) in [6.45, 7) is -2.76. The van der Waals surface area contributed by atoms with Crippen molar-refractivity contribution in [3.05, 3.63) is 82.9 Å². The second-order valence-electron chi connectivity index (χ2n) is 6.82. The van der Waals surface area contributed by atoms with Crippen molar-refractivity contribution in [2.75, 3.05) is 0 Å². The van der Waals surface area contributed by atoms with E-state index in [2.05, 4.69) is 36.1 Å². The van der Waals surface area contributed by atoms with Crippen molar-refractivity contribution in [1.29, 1.82) is 0 Å². The Balaban J connectivity index is 1.69. The van der Waals surface area contributed by atoms with E-state index in [0.717, 1.165) is 16.7 Å². The maximum absolute atomic E-state index is 13.0. The third kappa shape index (κ3) is 4.85. The third-order valence-corrected chi connectivity index (χ3v) is 5.13. The molecule has 4 aromatic rings. The predicted molar refractivity (Wildman–Crippen MR) is 108 cm³/mol. The van der Waals surface area contributed by atoms with Crippen LogP contribution < -0.4 is 0 Å². The lowest BCUT2D eigenvalue weighted by Crippen LogP contribution is -2.16. The van der Waals surface area contributed by atoms with Crippen LogP contribution in [0.5, 0.6) is 0 Å². The first-order valence-corrected chi connectivity index (χ1v) is 10.0. The number of halogens is 6. The first kappa shape index (κ1) is 22.1. The zero-order valence-electron chi connectivity index (χ0n) is 16.1. The van der Waals surface area contributed by atoms with E-state index in [0.29, 0.717) is 27.2 Å². The summed E-state index contributed by atoms with van der Waals surface area (Å²) in [5, 5.41) is 8.18. The molecule has 0 aliphatic carbocycles. The molecule has 0 radical (unpaired) electrons. The van der Waals surface area contributed by atoms with Gasteiger partial charge in [-0.25, -0.2) is 4.68 Å². The maximum Gasteiger partial charge on any atom is 0.433 e. The van der Waals surface area contributed by atoms with Gasteiger partial charge in [-0.1, -0.05) is 0 Å². The van der Waals surface area contributed by atoms with Crippen LogP contribution in [0.1, 0.15) is 29.7 Å². The molecule has 12 heteroatoms. The highest BCUT2D eigenvalue weighted by Crippen LogP contribution is 2.31. The monoisotopic (exact) mass is 512 g/mol. The molecule has 4 rings (SSSR count). The summed E-state index contributed by atoms with van der Waals surface area (Å²) in [4.78, 5) is 7.74. The molecule has 32 heavy (non-hydrogen) atoms. The average Bonchev–Trinajstić information content (AvgIpc) is 3.42. The minimum absolute atomic E-state index is 0.194. The Bertz CT molecular complexity index is 1200. The van der Waals surface area contributed by atoms with Crippen LogP contribution in [-0.2, 0) is 12.6 Å². The fourth-order valence-electron chi connectivity index (χ4n) is 3.13. The van der Waals surface area contributed by atoms with Gasteiger partial charge in [0.2, 0.25) is 0 Å². The summed E-state index contributed by atoms with van der Waals surface area (Å²) in [7, 11) is 0. The molecular formula is C20H14BrF5N6. The summed E-state index contributed by atoms with van der Waals surface area (Å²) in [6.07, 6.45) is 2.48. The number of alkyl halides is 5. The van der Waals surface area contributed by atoms with Crippen LogP contribution in [-0.4, -0.2) is 29.5 Å². The van der Waals surface area contributed by atoms with Crippen molar-refractivity contribution in [2.45, 2.75) is 25.2 Å². The fraction of sp³-hybridized carbons (Fsp3) is 0.200. The number of rotatable bonds is 6. The van der Waals surface area contributed by atoms with Gasteiger partial charge in [0.1, 0.15) is 5.69 Å². The molecule has 0 amide bonds. The number of hydrogen-bond acceptors (Lipinski definition) is 4. The minimum atomic E-state index is -4.57. The highest BCUT2D eigenvalue weighted by Gasteiger charge is 2.32. The fourth-order valence-corrected chi connectivity index (χ4v) is 3.37. The zero-order valence-corrected chi connectivity index (χ0v) is 17.7. The molecule has 0 aliphatic rings. The van der Waals surface area contributed by atoms with E-state index in [-0.39, 0.29) is 6.42 Å². The molecule has 0 aromatic carbocycles. The lowest BCUT2D eigenvalue weighted by Gasteiger charge is -2.16. The van der Waals surface area contributed by atoms with Crippen molar-refractivity contribution in [2.24, 2.45) is 0 Å². The summed E-state index contributed by atoms with van der Waals surface area (Å²) in [6, 6.07) is 6.86. The number of nitrogens with zero attached hydrogens (tertiary/aromatic N) is 6. The second kappa shape index (κ2) is 8.77. The van der Waals surface area contributed by atoms with Crippen molar-refractivity contribution in [3.8, 4) is 11.1 Å². The molecule has 0 aliphatic heterocycles. The van der Waals surface area contributed by atoms with Gasteiger partial charge < -0.3 is 0 Å². The third-order valence-electron chi connectivity index (χ3n) is 4.66. The van der Waals surface area contributed by atoms with Crippen molar-refractivity contribution < 1.29 is 22.0 Å². The highest BCUT2D eigenvalue weighted by atomic mass is 79.9. The van der Waals surface area contributed by atoms with Gasteiger partial charge in [-0.05, 0) is 51.8 Å². The smallest absolute Gasteiger partial charge is 0.263 e. The Morgan fingerprint density at radius 1 is 0.969 bits per heavy atom. The van der Waals surface area contributed by atoms with Gasteiger partial charge in [-0.3, -0.25) is 14.6 Å². The van der Waals surface area contributed by atoms with Crippen molar-refractivity contribution >= 4 is 15.9 Å². The molecule has 0 spiro atoms. The van der Waals surface area contributed by atoms with Gasteiger partial charge >= 0.3 is 12.7 Å². The van der Waals surface area contributed by atoms with Gasteiger partial charge in [0.05, 0.1) is 23.6 Å². The van der Waals surface area contributed by atoms with Crippen LogP contribution in [0.25, 0.3) is 11.1 Å². The molecular weight excluding hydrogens is 499 g/mol. The van der Waals surface area contributed by atoms with Crippen LogP contribution in [0.4, 0.5) is 22.0 Å². The molecule has 4 heterocycles. The molecule has 0 bridgehead atoms. The summed E-state index contributed by atoms with van der Waals surface area (Å²) < 4.78 is 67.7. The van der Waals surface area contributed by atoms with E-state index in [1.165, 1.54) is 29.2 Å². The molecule has 4 aromatic heterocycles. The van der Waals surface area contributed by atoms with E-state index in [1.807, 2.05) is 0 Å². The zero-order chi connectivity index (χ0) is 22.9. The van der Waals surface area contributed by atoms with E-state index in [9.17, 15) is 22.0 Å². The van der Waals surface area contributed by atoms with E-state index in [1.54, 1.807) is 24.5 Å². The molecule has 0 saturated heterocycles. The molecule has 166 valence electrons. The highest BCUT2D eigenvalue weighted by molar-refractivity contribution is 9.10. The van der Waals surface area contributed by atoms with Crippen molar-refractivity contribution in [1.82, 2.24) is 29.5 Å². The molecule has 0 fully saturated rings. The Morgan fingerprint density at radius 3 is 2.44 bits per heavy atom. The van der Waals surface area contributed by atoms with E-state index >= 15 is 0 Å². The summed E-state index contributed by atoms with van der Waals surface area (Å²) >= 11 is 3.31. The SMILES string of the molecule is FC(F)n1ccc(CC(c2ccc(Br)cn2)n2cc(-c3ccnc(C(F)(F)F)c3)cn2)n1. The summed E-state index contributed by atoms with van der Waals surface area (Å²) in [5.41, 5.74) is 0.702. The van der Waals surface area contributed by atoms with E-state index in [4.69, 9.17) is 0 Å². The van der Waals surface area contributed by atoms with E-state index < -0.39 is 24.5 Å².